The molecule has 0 unspecified atom stereocenters. The van der Waals surface area contributed by atoms with E-state index in [0.717, 1.165) is 16.8 Å². The van der Waals surface area contributed by atoms with E-state index in [1.165, 1.54) is 22.5 Å². The Balaban J connectivity index is 1.36. The van der Waals surface area contributed by atoms with Crippen molar-refractivity contribution in [3.05, 3.63) is 107 Å². The second kappa shape index (κ2) is 9.06. The third-order valence-corrected chi connectivity index (χ3v) is 8.01. The van der Waals surface area contributed by atoms with E-state index in [2.05, 4.69) is 10.3 Å². The largest absolute Gasteiger partial charge is 0.322 e. The molecule has 0 atom stereocenters. The van der Waals surface area contributed by atoms with Crippen molar-refractivity contribution < 1.29 is 13.2 Å². The standard InChI is InChI=1S/C25H21ClN4O3S/c26-24-10-9-22(34(32,33)30-13-11-18-3-1-2-4-19(18)16-30)15-23(24)25(31)28-20-5-7-21(8-6-20)29-14-12-27-17-29/h1-10,12,14-15,17H,11,13,16H2,(H,28,31). The van der Waals surface area contributed by atoms with Crippen LogP contribution in [-0.2, 0) is 23.0 Å². The van der Waals surface area contributed by atoms with Crippen molar-refractivity contribution in [2.24, 2.45) is 0 Å². The van der Waals surface area contributed by atoms with E-state index < -0.39 is 15.9 Å². The highest BCUT2D eigenvalue weighted by atomic mass is 35.5. The number of aromatic nitrogens is 2. The Kier molecular flexibility index (Phi) is 5.95. The fourth-order valence-corrected chi connectivity index (χ4v) is 5.64. The maximum Gasteiger partial charge on any atom is 0.257 e. The molecular weight excluding hydrogens is 472 g/mol. The van der Waals surface area contributed by atoms with E-state index in [-0.39, 0.29) is 15.5 Å². The Morgan fingerprint density at radius 2 is 1.76 bits per heavy atom. The van der Waals surface area contributed by atoms with Gasteiger partial charge in [0, 0.05) is 36.9 Å². The number of benzene rings is 3. The lowest BCUT2D eigenvalue weighted by atomic mass is 10.0. The van der Waals surface area contributed by atoms with Gasteiger partial charge in [-0.25, -0.2) is 13.4 Å². The van der Waals surface area contributed by atoms with Crippen LogP contribution in [-0.4, -0.2) is 34.7 Å². The number of carbonyl (C=O) groups is 1. The van der Waals surface area contributed by atoms with Crippen LogP contribution in [0.3, 0.4) is 0 Å². The number of nitrogens with one attached hydrogen (secondary N) is 1. The van der Waals surface area contributed by atoms with Gasteiger partial charge in [-0.1, -0.05) is 35.9 Å². The zero-order valence-corrected chi connectivity index (χ0v) is 19.6. The smallest absolute Gasteiger partial charge is 0.257 e. The van der Waals surface area contributed by atoms with E-state index in [1.807, 2.05) is 47.2 Å². The van der Waals surface area contributed by atoms with Gasteiger partial charge in [-0.3, -0.25) is 4.79 Å². The Labute approximate surface area is 202 Å². The fourth-order valence-electron chi connectivity index (χ4n) is 3.99. The van der Waals surface area contributed by atoms with Crippen LogP contribution < -0.4 is 5.32 Å². The minimum Gasteiger partial charge on any atom is -0.322 e. The van der Waals surface area contributed by atoms with Crippen molar-refractivity contribution in [1.82, 2.24) is 13.9 Å². The maximum atomic E-state index is 13.3. The molecule has 0 fully saturated rings. The summed E-state index contributed by atoms with van der Waals surface area (Å²) in [5.74, 6) is -0.485. The average Bonchev–Trinajstić information content (AvgIpc) is 3.39. The van der Waals surface area contributed by atoms with Crippen LogP contribution in [0.1, 0.15) is 21.5 Å². The predicted octanol–water partition coefficient (Wildman–Crippen LogP) is 4.53. The second-order valence-electron chi connectivity index (χ2n) is 7.97. The molecule has 1 aliphatic heterocycles. The Morgan fingerprint density at radius 1 is 1.00 bits per heavy atom. The number of hydrogen-bond donors (Lipinski definition) is 1. The van der Waals surface area contributed by atoms with E-state index in [9.17, 15) is 13.2 Å². The first-order valence-electron chi connectivity index (χ1n) is 10.7. The molecule has 172 valence electrons. The third-order valence-electron chi connectivity index (χ3n) is 5.84. The van der Waals surface area contributed by atoms with Crippen LogP contribution >= 0.6 is 11.6 Å². The summed E-state index contributed by atoms with van der Waals surface area (Å²) in [6.45, 7) is 0.679. The van der Waals surface area contributed by atoms with Gasteiger partial charge in [-0.2, -0.15) is 4.31 Å². The first-order chi connectivity index (χ1) is 16.4. The number of sulfonamides is 1. The summed E-state index contributed by atoms with van der Waals surface area (Å²) in [6.07, 6.45) is 5.83. The summed E-state index contributed by atoms with van der Waals surface area (Å²) >= 11 is 6.27. The van der Waals surface area contributed by atoms with Crippen LogP contribution in [0.2, 0.25) is 5.02 Å². The molecule has 0 bridgehead atoms. The highest BCUT2D eigenvalue weighted by molar-refractivity contribution is 7.89. The average molecular weight is 493 g/mol. The SMILES string of the molecule is O=C(Nc1ccc(-n2ccnc2)cc1)c1cc(S(=O)(=O)N2CCc3ccccc3C2)ccc1Cl. The lowest BCUT2D eigenvalue weighted by Crippen LogP contribution is -2.36. The molecule has 7 nitrogen and oxygen atoms in total. The molecule has 1 amide bonds. The lowest BCUT2D eigenvalue weighted by Gasteiger charge is -2.28. The highest BCUT2D eigenvalue weighted by Crippen LogP contribution is 2.28. The van der Waals surface area contributed by atoms with Crippen molar-refractivity contribution in [2.75, 3.05) is 11.9 Å². The number of carbonyl (C=O) groups excluding carboxylic acids is 1. The monoisotopic (exact) mass is 492 g/mol. The maximum absolute atomic E-state index is 13.3. The van der Waals surface area contributed by atoms with Gasteiger partial charge in [0.25, 0.3) is 5.91 Å². The molecule has 34 heavy (non-hydrogen) atoms. The number of amides is 1. The lowest BCUT2D eigenvalue weighted by molar-refractivity contribution is 0.102. The topological polar surface area (TPSA) is 84.3 Å². The molecular formula is C25H21ClN4O3S. The van der Waals surface area contributed by atoms with Gasteiger partial charge in [-0.15, -0.1) is 0 Å². The molecule has 4 aromatic rings. The van der Waals surface area contributed by atoms with Gasteiger partial charge in [-0.05, 0) is 60.0 Å². The number of halogens is 1. The molecule has 5 rings (SSSR count). The first kappa shape index (κ1) is 22.3. The van der Waals surface area contributed by atoms with Crippen LogP contribution in [0.4, 0.5) is 5.69 Å². The summed E-state index contributed by atoms with van der Waals surface area (Å²) in [5, 5.41) is 2.96. The molecule has 1 aromatic heterocycles. The summed E-state index contributed by atoms with van der Waals surface area (Å²) in [6, 6.07) is 19.2. The fraction of sp³-hybridized carbons (Fsp3) is 0.120. The zero-order valence-electron chi connectivity index (χ0n) is 18.1. The Morgan fingerprint density at radius 3 is 2.50 bits per heavy atom. The minimum atomic E-state index is -3.80. The Bertz CT molecular complexity index is 1450. The zero-order chi connectivity index (χ0) is 23.7. The molecule has 0 spiro atoms. The van der Waals surface area contributed by atoms with Gasteiger partial charge >= 0.3 is 0 Å². The van der Waals surface area contributed by atoms with Crippen LogP contribution in [0.15, 0.2) is 90.3 Å². The molecule has 0 saturated carbocycles. The quantitative estimate of drug-likeness (QED) is 0.443. The molecule has 1 N–H and O–H groups in total. The number of rotatable bonds is 5. The van der Waals surface area contributed by atoms with Gasteiger partial charge in [0.05, 0.1) is 21.8 Å². The van der Waals surface area contributed by atoms with E-state index >= 15 is 0 Å². The number of fused-ring (bicyclic) bond motifs is 1. The second-order valence-corrected chi connectivity index (χ2v) is 10.3. The normalized spacial score (nSPS) is 13.9. The van der Waals surface area contributed by atoms with Gasteiger partial charge in [0.15, 0.2) is 0 Å². The van der Waals surface area contributed by atoms with Crippen molar-refractivity contribution in [2.45, 2.75) is 17.9 Å². The van der Waals surface area contributed by atoms with E-state index in [1.54, 1.807) is 24.7 Å². The number of hydrogen-bond acceptors (Lipinski definition) is 4. The van der Waals surface area contributed by atoms with Crippen LogP contribution in [0.5, 0.6) is 0 Å². The first-order valence-corrected chi connectivity index (χ1v) is 12.5. The van der Waals surface area contributed by atoms with E-state index in [0.29, 0.717) is 25.2 Å². The van der Waals surface area contributed by atoms with Crippen molar-refractivity contribution in [3.63, 3.8) is 0 Å². The summed E-state index contributed by atoms with van der Waals surface area (Å²) in [7, 11) is -3.80. The number of nitrogens with zero attached hydrogens (tertiary/aromatic N) is 3. The predicted molar refractivity (Wildman–Crippen MR) is 131 cm³/mol. The van der Waals surface area contributed by atoms with Gasteiger partial charge < -0.3 is 9.88 Å². The number of anilines is 1. The minimum absolute atomic E-state index is 0.0388. The molecule has 0 saturated heterocycles. The molecule has 0 aliphatic carbocycles. The van der Waals surface area contributed by atoms with Crippen LogP contribution in [0.25, 0.3) is 5.69 Å². The Hall–Kier alpha value is -3.46. The summed E-state index contributed by atoms with van der Waals surface area (Å²) in [5.41, 5.74) is 3.70. The van der Waals surface area contributed by atoms with E-state index in [4.69, 9.17) is 11.6 Å². The van der Waals surface area contributed by atoms with Crippen LogP contribution in [0, 0.1) is 0 Å². The summed E-state index contributed by atoms with van der Waals surface area (Å²) < 4.78 is 30.0. The van der Waals surface area contributed by atoms with Gasteiger partial charge in [0.2, 0.25) is 10.0 Å². The molecule has 0 radical (unpaired) electrons. The summed E-state index contributed by atoms with van der Waals surface area (Å²) in [4.78, 5) is 17.0. The highest BCUT2D eigenvalue weighted by Gasteiger charge is 2.29. The van der Waals surface area contributed by atoms with Crippen molar-refractivity contribution in [3.8, 4) is 5.69 Å². The van der Waals surface area contributed by atoms with Crippen molar-refractivity contribution in [1.29, 1.82) is 0 Å². The molecule has 1 aliphatic rings. The van der Waals surface area contributed by atoms with Gasteiger partial charge in [0.1, 0.15) is 0 Å². The molecule has 2 heterocycles. The van der Waals surface area contributed by atoms with Crippen molar-refractivity contribution >= 4 is 33.2 Å². The molecule has 9 heteroatoms. The number of imidazole rings is 1. The molecule has 3 aromatic carbocycles. The third kappa shape index (κ3) is 4.35.